The molecule has 0 saturated carbocycles. The second-order valence-corrected chi connectivity index (χ2v) is 7.34. The smallest absolute Gasteiger partial charge is 0.338 e. The maximum absolute atomic E-state index is 12.5. The van der Waals surface area contributed by atoms with Gasteiger partial charge in [-0.05, 0) is 38.1 Å². The van der Waals surface area contributed by atoms with Crippen LogP contribution >= 0.6 is 0 Å². The number of carbonyl (C=O) groups is 1. The number of hydrogen-bond acceptors (Lipinski definition) is 5. The van der Waals surface area contributed by atoms with Crippen molar-refractivity contribution in [2.45, 2.75) is 19.8 Å². The van der Waals surface area contributed by atoms with Crippen LogP contribution in [-0.4, -0.2) is 33.0 Å². The number of hydrogen-bond donors (Lipinski definition) is 4. The fraction of sp³-hybridized carbons (Fsp3) is 0.174. The molecule has 0 fully saturated rings. The summed E-state index contributed by atoms with van der Waals surface area (Å²) in [6, 6.07) is 10.3. The van der Waals surface area contributed by atoms with E-state index in [2.05, 4.69) is 27.0 Å². The Balaban J connectivity index is 1.73. The number of esters is 1. The highest BCUT2D eigenvalue weighted by molar-refractivity contribution is 5.90. The Morgan fingerprint density at radius 2 is 1.56 bits per heavy atom. The fourth-order valence-corrected chi connectivity index (χ4v) is 3.69. The molecule has 0 aliphatic heterocycles. The van der Waals surface area contributed by atoms with Crippen molar-refractivity contribution in [3.05, 3.63) is 104 Å². The summed E-state index contributed by atoms with van der Waals surface area (Å²) in [6.45, 7) is 7.17. The van der Waals surface area contributed by atoms with Crippen molar-refractivity contribution >= 4 is 5.97 Å². The molecule has 1 aromatic carbocycles. The number of benzene rings is 1. The van der Waals surface area contributed by atoms with Crippen LogP contribution in [-0.2, 0) is 4.74 Å². The van der Waals surface area contributed by atoms with Crippen LogP contribution in [0.5, 0.6) is 0 Å². The Hall–Kier alpha value is -4.27. The topological polar surface area (TPSA) is 137 Å². The number of aromatic amines is 4. The highest BCUT2D eigenvalue weighted by atomic mass is 16.5. The predicted octanol–water partition coefficient (Wildman–Crippen LogP) is 3.12. The van der Waals surface area contributed by atoms with Crippen LogP contribution in [0.25, 0.3) is 11.3 Å². The molecule has 3 heterocycles. The lowest BCUT2D eigenvalue weighted by molar-refractivity contribution is 0.0549. The van der Waals surface area contributed by atoms with Crippen molar-refractivity contribution in [1.29, 1.82) is 0 Å². The van der Waals surface area contributed by atoms with Crippen LogP contribution in [0.4, 0.5) is 0 Å². The minimum absolute atomic E-state index is 0.138. The Bertz CT molecular complexity index is 1330. The Labute approximate surface area is 182 Å². The molecule has 0 saturated heterocycles. The summed E-state index contributed by atoms with van der Waals surface area (Å²) in [5.74, 6) is -0.177. The van der Waals surface area contributed by atoms with Crippen molar-refractivity contribution in [2.24, 2.45) is 0 Å². The molecular formula is C23H22N4O5. The molecule has 3 aromatic heterocycles. The van der Waals surface area contributed by atoms with Crippen molar-refractivity contribution in [3.8, 4) is 11.3 Å². The van der Waals surface area contributed by atoms with Gasteiger partial charge in [-0.2, -0.15) is 0 Å². The van der Waals surface area contributed by atoms with Crippen LogP contribution in [0.15, 0.2) is 63.1 Å². The first-order valence-electron chi connectivity index (χ1n) is 9.93. The van der Waals surface area contributed by atoms with Gasteiger partial charge < -0.3 is 19.4 Å². The molecule has 0 atom stereocenters. The van der Waals surface area contributed by atoms with Crippen LogP contribution in [0.1, 0.15) is 44.6 Å². The molecule has 9 heteroatoms. The van der Waals surface area contributed by atoms with Crippen molar-refractivity contribution in [3.63, 3.8) is 0 Å². The van der Waals surface area contributed by atoms with Gasteiger partial charge in [0.15, 0.2) is 0 Å². The second kappa shape index (κ2) is 8.46. The molecule has 4 aromatic rings. The molecular weight excluding hydrogens is 412 g/mol. The summed E-state index contributed by atoms with van der Waals surface area (Å²) in [5.41, 5.74) is 2.51. The number of H-pyrrole nitrogens is 4. The first kappa shape index (κ1) is 21.0. The Kier molecular flexibility index (Phi) is 5.55. The predicted molar refractivity (Wildman–Crippen MR) is 118 cm³/mol. The molecule has 4 rings (SSSR count). The number of furan rings is 1. The lowest BCUT2D eigenvalue weighted by atomic mass is 9.89. The first-order chi connectivity index (χ1) is 15.4. The molecule has 0 amide bonds. The molecule has 0 radical (unpaired) electrons. The van der Waals surface area contributed by atoms with Gasteiger partial charge in [0.2, 0.25) is 0 Å². The highest BCUT2D eigenvalue weighted by Gasteiger charge is 2.30. The van der Waals surface area contributed by atoms with Gasteiger partial charge in [-0.25, -0.2) is 4.79 Å². The maximum atomic E-state index is 12.5. The van der Waals surface area contributed by atoms with Crippen molar-refractivity contribution < 1.29 is 13.9 Å². The summed E-state index contributed by atoms with van der Waals surface area (Å²) in [4.78, 5) is 37.0. The van der Waals surface area contributed by atoms with E-state index in [0.29, 0.717) is 39.6 Å². The van der Waals surface area contributed by atoms with Gasteiger partial charge in [0.05, 0.1) is 22.6 Å². The highest BCUT2D eigenvalue weighted by Crippen LogP contribution is 2.34. The first-order valence-corrected chi connectivity index (χ1v) is 9.93. The summed E-state index contributed by atoms with van der Waals surface area (Å²) in [5, 5.41) is 10.7. The third-order valence-corrected chi connectivity index (χ3v) is 5.25. The van der Waals surface area contributed by atoms with E-state index >= 15 is 0 Å². The normalized spacial score (nSPS) is 11.1. The van der Waals surface area contributed by atoms with E-state index in [1.165, 1.54) is 6.08 Å². The van der Waals surface area contributed by atoms with Gasteiger partial charge in [-0.1, -0.05) is 24.8 Å². The second-order valence-electron chi connectivity index (χ2n) is 7.34. The summed E-state index contributed by atoms with van der Waals surface area (Å²) in [7, 11) is 0. The molecule has 9 nitrogen and oxygen atoms in total. The Morgan fingerprint density at radius 3 is 2.06 bits per heavy atom. The average molecular weight is 434 g/mol. The molecule has 0 aliphatic carbocycles. The van der Waals surface area contributed by atoms with Gasteiger partial charge in [0, 0.05) is 17.0 Å². The minimum Gasteiger partial charge on any atom is -0.460 e. The van der Waals surface area contributed by atoms with E-state index in [-0.39, 0.29) is 17.7 Å². The van der Waals surface area contributed by atoms with Gasteiger partial charge in [0.1, 0.15) is 18.1 Å². The molecule has 0 bridgehead atoms. The van der Waals surface area contributed by atoms with E-state index in [1.807, 2.05) is 0 Å². The number of ether oxygens (including phenoxy) is 1. The number of aromatic nitrogens is 4. The third-order valence-electron chi connectivity index (χ3n) is 5.25. The van der Waals surface area contributed by atoms with Crippen LogP contribution in [0.3, 0.4) is 0 Å². The average Bonchev–Trinajstić information content (AvgIpc) is 3.49. The van der Waals surface area contributed by atoms with Gasteiger partial charge in [-0.15, -0.1) is 0 Å². The monoisotopic (exact) mass is 434 g/mol. The summed E-state index contributed by atoms with van der Waals surface area (Å²) < 4.78 is 11.1. The van der Waals surface area contributed by atoms with Crippen LogP contribution in [0.2, 0.25) is 0 Å². The molecule has 4 N–H and O–H groups in total. The third kappa shape index (κ3) is 3.76. The van der Waals surface area contributed by atoms with Crippen LogP contribution in [0, 0.1) is 13.8 Å². The van der Waals surface area contributed by atoms with E-state index in [1.54, 1.807) is 50.2 Å². The molecule has 0 aliphatic rings. The van der Waals surface area contributed by atoms with Gasteiger partial charge in [0.25, 0.3) is 11.1 Å². The number of aryl methyl sites for hydroxylation is 2. The van der Waals surface area contributed by atoms with Gasteiger partial charge >= 0.3 is 5.97 Å². The largest absolute Gasteiger partial charge is 0.460 e. The van der Waals surface area contributed by atoms with Crippen LogP contribution < -0.4 is 11.1 Å². The summed E-state index contributed by atoms with van der Waals surface area (Å²) >= 11 is 0. The lowest BCUT2D eigenvalue weighted by Crippen LogP contribution is -2.19. The molecule has 164 valence electrons. The zero-order valence-electron chi connectivity index (χ0n) is 17.6. The zero-order valence-corrected chi connectivity index (χ0v) is 17.6. The van der Waals surface area contributed by atoms with Crippen molar-refractivity contribution in [1.82, 2.24) is 20.4 Å². The van der Waals surface area contributed by atoms with Crippen molar-refractivity contribution in [2.75, 3.05) is 6.61 Å². The van der Waals surface area contributed by atoms with E-state index in [4.69, 9.17) is 9.15 Å². The summed E-state index contributed by atoms with van der Waals surface area (Å²) in [6.07, 6.45) is 1.50. The minimum atomic E-state index is -0.707. The van der Waals surface area contributed by atoms with Gasteiger partial charge in [-0.3, -0.25) is 19.8 Å². The fourth-order valence-electron chi connectivity index (χ4n) is 3.69. The quantitative estimate of drug-likeness (QED) is 0.262. The van der Waals surface area contributed by atoms with E-state index < -0.39 is 11.9 Å². The maximum Gasteiger partial charge on any atom is 0.338 e. The molecule has 0 unspecified atom stereocenters. The van der Waals surface area contributed by atoms with E-state index in [9.17, 15) is 14.4 Å². The lowest BCUT2D eigenvalue weighted by Gasteiger charge is -2.12. The molecule has 0 spiro atoms. The van der Waals surface area contributed by atoms with E-state index in [0.717, 1.165) is 5.56 Å². The standard InChI is InChI=1S/C23H22N4O5/c1-4-11-31-23(30)15-7-5-14(6-8-15)16-9-10-17(32-16)20(18-12(2)24-26-21(18)28)19-13(3)25-27-22(19)29/h4-10,20H,1,11H2,2-3H3,(H2,24,26,28)(H2,25,27,29). The zero-order chi connectivity index (χ0) is 22.8. The Morgan fingerprint density at radius 1 is 0.969 bits per heavy atom. The number of rotatable bonds is 7. The number of nitrogens with one attached hydrogen (secondary N) is 4. The number of carbonyl (C=O) groups excluding carboxylic acids is 1. The SMILES string of the molecule is C=CCOC(=O)c1ccc(-c2ccc(C(c3c(C)[nH][nH]c3=O)c3c(C)[nH][nH]c3=O)o2)cc1. The molecule has 32 heavy (non-hydrogen) atoms.